The maximum atomic E-state index is 6.22. The third kappa shape index (κ3) is 3.23. The van der Waals surface area contributed by atoms with Gasteiger partial charge in [0.1, 0.15) is 0 Å². The van der Waals surface area contributed by atoms with Gasteiger partial charge in [-0.05, 0) is 32.4 Å². The molecule has 1 N–H and O–H groups in total. The van der Waals surface area contributed by atoms with Crippen molar-refractivity contribution in [2.45, 2.75) is 32.9 Å². The fraction of sp³-hybridized carbons (Fsp3) is 0.357. The molecule has 19 heavy (non-hydrogen) atoms. The predicted molar refractivity (Wildman–Crippen MR) is 81.1 cm³/mol. The van der Waals surface area contributed by atoms with Gasteiger partial charge in [-0.2, -0.15) is 5.10 Å². The van der Waals surface area contributed by atoms with Crippen molar-refractivity contribution >= 4 is 28.9 Å². The minimum Gasteiger partial charge on any atom is -0.376 e. The van der Waals surface area contributed by atoms with Crippen molar-refractivity contribution in [1.29, 1.82) is 0 Å². The van der Waals surface area contributed by atoms with Gasteiger partial charge in [-0.25, -0.2) is 0 Å². The summed E-state index contributed by atoms with van der Waals surface area (Å²) in [4.78, 5) is 0. The smallest absolute Gasteiger partial charge is 0.0731 e. The van der Waals surface area contributed by atoms with Crippen LogP contribution in [0.1, 0.15) is 38.4 Å². The Hall–Kier alpha value is -1.19. The summed E-state index contributed by atoms with van der Waals surface area (Å²) in [7, 11) is 0. The second kappa shape index (κ2) is 5.85. The van der Waals surface area contributed by atoms with Gasteiger partial charge < -0.3 is 5.32 Å². The topological polar surface area (TPSA) is 29.9 Å². The van der Waals surface area contributed by atoms with E-state index in [9.17, 15) is 0 Å². The highest BCUT2D eigenvalue weighted by Gasteiger charge is 2.12. The van der Waals surface area contributed by atoms with Gasteiger partial charge in [0.25, 0.3) is 0 Å². The van der Waals surface area contributed by atoms with Crippen LogP contribution in [0.5, 0.6) is 0 Å². The summed E-state index contributed by atoms with van der Waals surface area (Å²) in [6.07, 6.45) is 3.80. The van der Waals surface area contributed by atoms with Gasteiger partial charge in [-0.15, -0.1) is 0 Å². The highest BCUT2D eigenvalue weighted by Crippen LogP contribution is 2.31. The lowest BCUT2D eigenvalue weighted by atomic mass is 10.1. The van der Waals surface area contributed by atoms with E-state index in [0.717, 1.165) is 11.3 Å². The lowest BCUT2D eigenvalue weighted by Crippen LogP contribution is -2.07. The third-order valence-electron chi connectivity index (χ3n) is 2.96. The van der Waals surface area contributed by atoms with Crippen LogP contribution in [-0.2, 0) is 0 Å². The Kier molecular flexibility index (Phi) is 4.38. The molecule has 1 atom stereocenters. The van der Waals surface area contributed by atoms with Crippen LogP contribution in [0.2, 0.25) is 10.0 Å². The summed E-state index contributed by atoms with van der Waals surface area (Å²) in [5, 5.41) is 8.84. The minimum absolute atomic E-state index is 0.0658. The van der Waals surface area contributed by atoms with Crippen molar-refractivity contribution in [2.24, 2.45) is 0 Å². The average Bonchev–Trinajstić information content (AvgIpc) is 2.81. The molecule has 0 fully saturated rings. The van der Waals surface area contributed by atoms with E-state index in [1.165, 1.54) is 0 Å². The van der Waals surface area contributed by atoms with E-state index >= 15 is 0 Å². The molecule has 0 bridgehead atoms. The molecule has 1 aromatic heterocycles. The number of halogens is 2. The van der Waals surface area contributed by atoms with E-state index in [0.29, 0.717) is 16.1 Å². The Labute approximate surface area is 123 Å². The maximum Gasteiger partial charge on any atom is 0.0731 e. The number of nitrogens with zero attached hydrogens (tertiary/aromatic N) is 2. The van der Waals surface area contributed by atoms with E-state index in [1.807, 2.05) is 36.1 Å². The molecule has 2 rings (SSSR count). The van der Waals surface area contributed by atoms with Gasteiger partial charge in [0, 0.05) is 12.2 Å². The Balaban J connectivity index is 2.16. The minimum atomic E-state index is 0.0658. The van der Waals surface area contributed by atoms with E-state index in [2.05, 4.69) is 24.3 Å². The normalized spacial score (nSPS) is 12.7. The molecule has 0 saturated heterocycles. The molecule has 3 nitrogen and oxygen atoms in total. The lowest BCUT2D eigenvalue weighted by Gasteiger charge is -2.16. The van der Waals surface area contributed by atoms with Crippen molar-refractivity contribution in [1.82, 2.24) is 9.78 Å². The van der Waals surface area contributed by atoms with Gasteiger partial charge in [0.2, 0.25) is 0 Å². The number of rotatable bonds is 4. The Bertz CT molecular complexity index is 564. The first kappa shape index (κ1) is 14.2. The van der Waals surface area contributed by atoms with Crippen LogP contribution in [0, 0.1) is 0 Å². The SMILES string of the molecule is CC(Nc1cnn(C(C)C)c1)c1cccc(Cl)c1Cl. The van der Waals surface area contributed by atoms with Crippen LogP contribution in [0.15, 0.2) is 30.6 Å². The quantitative estimate of drug-likeness (QED) is 0.866. The number of aromatic nitrogens is 2. The van der Waals surface area contributed by atoms with E-state index in [4.69, 9.17) is 23.2 Å². The summed E-state index contributed by atoms with van der Waals surface area (Å²) in [5.74, 6) is 0. The molecule has 0 aliphatic rings. The molecule has 1 aromatic carbocycles. The second-order valence-electron chi connectivity index (χ2n) is 4.81. The first-order valence-corrected chi connectivity index (χ1v) is 6.99. The lowest BCUT2D eigenvalue weighted by molar-refractivity contribution is 0.532. The molecule has 102 valence electrons. The fourth-order valence-electron chi connectivity index (χ4n) is 1.88. The number of hydrogen-bond donors (Lipinski definition) is 1. The van der Waals surface area contributed by atoms with Crippen molar-refractivity contribution in [3.8, 4) is 0 Å². The molecule has 5 heteroatoms. The molecule has 0 amide bonds. The second-order valence-corrected chi connectivity index (χ2v) is 5.60. The molecule has 0 spiro atoms. The van der Waals surface area contributed by atoms with Crippen LogP contribution in [0.4, 0.5) is 5.69 Å². The van der Waals surface area contributed by atoms with Gasteiger partial charge in [0.15, 0.2) is 0 Å². The molecular weight excluding hydrogens is 281 g/mol. The number of hydrogen-bond acceptors (Lipinski definition) is 2. The Morgan fingerprint density at radius 2 is 1.95 bits per heavy atom. The molecule has 0 aliphatic heterocycles. The number of nitrogens with one attached hydrogen (secondary N) is 1. The molecule has 0 radical (unpaired) electrons. The first-order valence-electron chi connectivity index (χ1n) is 6.23. The van der Waals surface area contributed by atoms with Crippen LogP contribution in [0.25, 0.3) is 0 Å². The number of anilines is 1. The monoisotopic (exact) mass is 297 g/mol. The first-order chi connectivity index (χ1) is 8.99. The Morgan fingerprint density at radius 1 is 1.21 bits per heavy atom. The van der Waals surface area contributed by atoms with Crippen LogP contribution in [0.3, 0.4) is 0 Å². The van der Waals surface area contributed by atoms with Crippen molar-refractivity contribution < 1.29 is 0 Å². The summed E-state index contributed by atoms with van der Waals surface area (Å²) in [6.45, 7) is 6.23. The van der Waals surface area contributed by atoms with Gasteiger partial charge >= 0.3 is 0 Å². The molecule has 0 aliphatic carbocycles. The zero-order chi connectivity index (χ0) is 14.0. The van der Waals surface area contributed by atoms with Gasteiger partial charge in [0.05, 0.1) is 28.0 Å². The van der Waals surface area contributed by atoms with Crippen LogP contribution in [-0.4, -0.2) is 9.78 Å². The van der Waals surface area contributed by atoms with Crippen molar-refractivity contribution in [3.05, 3.63) is 46.2 Å². The van der Waals surface area contributed by atoms with Crippen molar-refractivity contribution in [2.75, 3.05) is 5.32 Å². The number of benzene rings is 1. The highest BCUT2D eigenvalue weighted by molar-refractivity contribution is 6.42. The summed E-state index contributed by atoms with van der Waals surface area (Å²) >= 11 is 12.2. The molecule has 1 heterocycles. The summed E-state index contributed by atoms with van der Waals surface area (Å²) < 4.78 is 1.91. The van der Waals surface area contributed by atoms with Crippen LogP contribution < -0.4 is 5.32 Å². The predicted octanol–water partition coefficient (Wildman–Crippen LogP) is 4.94. The van der Waals surface area contributed by atoms with E-state index < -0.39 is 0 Å². The zero-order valence-electron chi connectivity index (χ0n) is 11.2. The molecule has 2 aromatic rings. The summed E-state index contributed by atoms with van der Waals surface area (Å²) in [6, 6.07) is 6.08. The van der Waals surface area contributed by atoms with E-state index in [1.54, 1.807) is 6.07 Å². The van der Waals surface area contributed by atoms with Gasteiger partial charge in [-0.1, -0.05) is 35.3 Å². The average molecular weight is 298 g/mol. The van der Waals surface area contributed by atoms with E-state index in [-0.39, 0.29) is 6.04 Å². The molecular formula is C14H17Cl2N3. The third-order valence-corrected chi connectivity index (χ3v) is 3.80. The highest BCUT2D eigenvalue weighted by atomic mass is 35.5. The summed E-state index contributed by atoms with van der Waals surface area (Å²) in [5.41, 5.74) is 1.95. The largest absolute Gasteiger partial charge is 0.376 e. The van der Waals surface area contributed by atoms with Crippen molar-refractivity contribution in [3.63, 3.8) is 0 Å². The maximum absolute atomic E-state index is 6.22. The van der Waals surface area contributed by atoms with Gasteiger partial charge in [-0.3, -0.25) is 4.68 Å². The molecule has 0 saturated carbocycles. The molecule has 1 unspecified atom stereocenters. The Morgan fingerprint density at radius 3 is 2.58 bits per heavy atom. The van der Waals surface area contributed by atoms with Crippen LogP contribution >= 0.6 is 23.2 Å². The fourth-order valence-corrected chi connectivity index (χ4v) is 2.35. The standard InChI is InChI=1S/C14H17Cl2N3/c1-9(2)19-8-11(7-17-19)18-10(3)12-5-4-6-13(15)14(12)16/h4-10,18H,1-3H3. The zero-order valence-corrected chi connectivity index (χ0v) is 12.7.